The van der Waals surface area contributed by atoms with Gasteiger partial charge in [0.2, 0.25) is 0 Å². The van der Waals surface area contributed by atoms with Gasteiger partial charge in [0, 0.05) is 29.3 Å². The fourth-order valence-electron chi connectivity index (χ4n) is 2.58. The quantitative estimate of drug-likeness (QED) is 0.282. The van der Waals surface area contributed by atoms with E-state index >= 15 is 0 Å². The smallest absolute Gasteiger partial charge is 0.423 e. The lowest BCUT2D eigenvalue weighted by atomic mass is 9.81. The minimum absolute atomic E-state index is 0.284. The molecule has 12 heteroatoms. The maximum Gasteiger partial charge on any atom is 0.488 e. The zero-order chi connectivity index (χ0) is 26.7. The van der Waals surface area contributed by atoms with E-state index in [-0.39, 0.29) is 4.47 Å². The van der Waals surface area contributed by atoms with Crippen molar-refractivity contribution in [1.82, 2.24) is 9.97 Å². The number of nitrogens with zero attached hydrogens (tertiary/aromatic N) is 4. The molecule has 0 fully saturated rings. The molecule has 0 saturated heterocycles. The van der Waals surface area contributed by atoms with Gasteiger partial charge in [-0.25, -0.2) is 17.6 Å². The normalized spacial score (nSPS) is 9.47. The molecule has 2 N–H and O–H groups in total. The Morgan fingerprint density at radius 1 is 0.667 bits per heavy atom. The number of hydrogen-bond acceptors (Lipinski definition) is 6. The van der Waals surface area contributed by atoms with Crippen molar-refractivity contribution in [2.24, 2.45) is 0 Å². The van der Waals surface area contributed by atoms with Gasteiger partial charge in [0.25, 0.3) is 0 Å². The minimum Gasteiger partial charge on any atom is -0.423 e. The molecule has 0 amide bonds. The zero-order valence-electron chi connectivity index (χ0n) is 18.1. The van der Waals surface area contributed by atoms with Crippen LogP contribution in [0.3, 0.4) is 0 Å². The topological polar surface area (TPSA) is 114 Å². The van der Waals surface area contributed by atoms with Gasteiger partial charge in [-0.2, -0.15) is 10.5 Å². The molecule has 4 rings (SSSR count). The number of nitriles is 2. The third-order valence-corrected chi connectivity index (χ3v) is 4.75. The maximum absolute atomic E-state index is 13.3. The van der Waals surface area contributed by atoms with Crippen LogP contribution in [0.15, 0.2) is 77.8 Å². The van der Waals surface area contributed by atoms with Gasteiger partial charge >= 0.3 is 7.12 Å². The van der Waals surface area contributed by atoms with Crippen molar-refractivity contribution < 1.29 is 27.6 Å². The predicted octanol–water partition coefficient (Wildman–Crippen LogP) is 4.26. The van der Waals surface area contributed by atoms with Crippen LogP contribution in [0.2, 0.25) is 0 Å². The highest BCUT2D eigenvalue weighted by Crippen LogP contribution is 2.23. The summed E-state index contributed by atoms with van der Waals surface area (Å²) in [5.41, 5.74) is 0.393. The summed E-state index contributed by atoms with van der Waals surface area (Å²) in [4.78, 5) is 7.52. The number of pyridine rings is 2. The van der Waals surface area contributed by atoms with Crippen LogP contribution in [-0.2, 0) is 0 Å². The molecule has 2 heterocycles. The van der Waals surface area contributed by atoms with Crippen LogP contribution in [0.5, 0.6) is 0 Å². The van der Waals surface area contributed by atoms with E-state index in [4.69, 9.17) is 20.6 Å². The number of aromatic nitrogens is 2. The molecule has 0 aliphatic rings. The summed E-state index contributed by atoms with van der Waals surface area (Å²) in [6, 6.07) is 13.6. The Balaban J connectivity index is 0.000000200. The second-order valence-corrected chi connectivity index (χ2v) is 7.59. The molecule has 4 aromatic rings. The first-order valence-electron chi connectivity index (χ1n) is 9.78. The monoisotopic (exact) mass is 556 g/mol. The molecule has 0 aliphatic heterocycles. The van der Waals surface area contributed by atoms with Crippen LogP contribution >= 0.6 is 15.9 Å². The first kappa shape index (κ1) is 28.1. The van der Waals surface area contributed by atoms with E-state index in [1.54, 1.807) is 24.3 Å². The molecular formula is C24H14BBrF4N4O2. The largest absolute Gasteiger partial charge is 0.488 e. The average Bonchev–Trinajstić information content (AvgIpc) is 2.85. The molecule has 2 aromatic carbocycles. The van der Waals surface area contributed by atoms with Gasteiger partial charge in [0.1, 0.15) is 46.5 Å². The second kappa shape index (κ2) is 13.7. The number of halogens is 5. The van der Waals surface area contributed by atoms with Crippen LogP contribution in [0, 0.1) is 45.9 Å². The molecule has 0 atom stereocenters. The van der Waals surface area contributed by atoms with Gasteiger partial charge in [-0.1, -0.05) is 15.9 Å². The first-order chi connectivity index (χ1) is 17.2. The molecule has 180 valence electrons. The number of rotatable bonds is 2. The van der Waals surface area contributed by atoms with Gasteiger partial charge in [-0.05, 0) is 65.1 Å². The van der Waals surface area contributed by atoms with E-state index in [0.29, 0.717) is 16.6 Å². The van der Waals surface area contributed by atoms with Crippen molar-refractivity contribution >= 4 is 28.5 Å². The molecule has 0 spiro atoms. The van der Waals surface area contributed by atoms with Crippen LogP contribution < -0.4 is 5.46 Å². The minimum atomic E-state index is -1.38. The molecule has 0 bridgehead atoms. The Morgan fingerprint density at radius 2 is 1.06 bits per heavy atom. The summed E-state index contributed by atoms with van der Waals surface area (Å²) >= 11 is 2.89. The number of hydrogen-bond donors (Lipinski definition) is 2. The average molecular weight is 557 g/mol. The molecule has 36 heavy (non-hydrogen) atoms. The lowest BCUT2D eigenvalue weighted by molar-refractivity contribution is 0.425. The summed E-state index contributed by atoms with van der Waals surface area (Å²) in [6.07, 6.45) is 6.08. The van der Waals surface area contributed by atoms with E-state index in [9.17, 15) is 17.6 Å². The van der Waals surface area contributed by atoms with Crippen LogP contribution in [0.25, 0.3) is 11.1 Å². The van der Waals surface area contributed by atoms with Crippen molar-refractivity contribution in [1.29, 1.82) is 10.5 Å². The van der Waals surface area contributed by atoms with E-state index in [1.165, 1.54) is 36.9 Å². The number of benzene rings is 2. The standard InChI is InChI=1S/C12H6F2N2.C7H2BrF2N.C5H6BNO2/c13-11-5-9(6-12(14)10(11)7-15)8-1-3-16-4-2-8;8-4-1-6(9)5(3-11)7(10)2-4;8-6(9)5-1-3-7-4-2-5/h1-6H;1-2H;1-4,8-9H. The van der Waals surface area contributed by atoms with Crippen LogP contribution in [-0.4, -0.2) is 27.1 Å². The van der Waals surface area contributed by atoms with Gasteiger partial charge in [0.15, 0.2) is 0 Å². The van der Waals surface area contributed by atoms with Crippen molar-refractivity contribution in [3.63, 3.8) is 0 Å². The zero-order valence-corrected chi connectivity index (χ0v) is 19.7. The Bertz CT molecular complexity index is 1350. The van der Waals surface area contributed by atoms with E-state index in [2.05, 4.69) is 25.9 Å². The molecular weight excluding hydrogens is 543 g/mol. The highest BCUT2D eigenvalue weighted by atomic mass is 79.9. The fraction of sp³-hybridized carbons (Fsp3) is 0. The van der Waals surface area contributed by atoms with E-state index < -0.39 is 41.5 Å². The van der Waals surface area contributed by atoms with Crippen molar-refractivity contribution in [3.8, 4) is 23.3 Å². The Hall–Kier alpha value is -4.10. The van der Waals surface area contributed by atoms with Gasteiger partial charge in [0.05, 0.1) is 0 Å². The summed E-state index contributed by atoms with van der Waals surface area (Å²) in [6.45, 7) is 0. The maximum atomic E-state index is 13.3. The van der Waals surface area contributed by atoms with Crippen molar-refractivity contribution in [2.45, 2.75) is 0 Å². The summed E-state index contributed by atoms with van der Waals surface area (Å²) in [5, 5.41) is 33.9. The Kier molecular flexibility index (Phi) is 10.7. The first-order valence-corrected chi connectivity index (χ1v) is 10.6. The lowest BCUT2D eigenvalue weighted by Crippen LogP contribution is -2.29. The summed E-state index contributed by atoms with van der Waals surface area (Å²) in [5.74, 6) is -3.40. The van der Waals surface area contributed by atoms with E-state index in [1.807, 2.05) is 0 Å². The third-order valence-electron chi connectivity index (χ3n) is 4.29. The highest BCUT2D eigenvalue weighted by Gasteiger charge is 2.11. The highest BCUT2D eigenvalue weighted by molar-refractivity contribution is 9.10. The molecule has 0 radical (unpaired) electrons. The van der Waals surface area contributed by atoms with Gasteiger partial charge in [-0.3, -0.25) is 9.97 Å². The summed E-state index contributed by atoms with van der Waals surface area (Å²) < 4.78 is 52.2. The lowest BCUT2D eigenvalue weighted by Gasteiger charge is -2.03. The second-order valence-electron chi connectivity index (χ2n) is 6.67. The predicted molar refractivity (Wildman–Crippen MR) is 127 cm³/mol. The molecule has 2 aromatic heterocycles. The SMILES string of the molecule is N#Cc1c(F)cc(-c2ccncc2)cc1F.N#Cc1c(F)cc(Br)cc1F.OB(O)c1ccncc1. The molecule has 0 unspecified atom stereocenters. The van der Waals surface area contributed by atoms with Crippen LogP contribution in [0.4, 0.5) is 17.6 Å². The molecule has 6 nitrogen and oxygen atoms in total. The molecule has 0 saturated carbocycles. The van der Waals surface area contributed by atoms with E-state index in [0.717, 1.165) is 24.3 Å². The third kappa shape index (κ3) is 7.99. The van der Waals surface area contributed by atoms with Gasteiger partial charge in [-0.15, -0.1) is 0 Å². The summed E-state index contributed by atoms with van der Waals surface area (Å²) in [7, 11) is -1.38. The molecule has 0 aliphatic carbocycles. The van der Waals surface area contributed by atoms with Crippen molar-refractivity contribution in [3.05, 3.63) is 112 Å². The fourth-order valence-corrected chi connectivity index (χ4v) is 2.98. The Labute approximate surface area is 212 Å². The van der Waals surface area contributed by atoms with Crippen LogP contribution in [0.1, 0.15) is 11.1 Å². The van der Waals surface area contributed by atoms with Crippen molar-refractivity contribution in [2.75, 3.05) is 0 Å². The van der Waals surface area contributed by atoms with Gasteiger partial charge < -0.3 is 10.0 Å². The Morgan fingerprint density at radius 3 is 1.42 bits per heavy atom.